The van der Waals surface area contributed by atoms with Crippen molar-refractivity contribution in [3.8, 4) is 0 Å². The molecule has 0 bridgehead atoms. The third-order valence-electron chi connectivity index (χ3n) is 3.19. The molecule has 5 nitrogen and oxygen atoms in total. The molecule has 0 aliphatic carbocycles. The third kappa shape index (κ3) is 3.12. The maximum atomic E-state index is 12.1. The molecule has 102 valence electrons. The first-order chi connectivity index (χ1) is 9.11. The molecule has 1 heterocycles. The van der Waals surface area contributed by atoms with E-state index in [-0.39, 0.29) is 11.8 Å². The highest BCUT2D eigenvalue weighted by molar-refractivity contribution is 5.97. The topological polar surface area (TPSA) is 70.2 Å². The molecule has 3 N–H and O–H groups in total. The van der Waals surface area contributed by atoms with Crippen LogP contribution < -0.4 is 16.0 Å². The molecule has 0 radical (unpaired) electrons. The molecular formula is C14H19N3O2. The van der Waals surface area contributed by atoms with Crippen molar-refractivity contribution in [3.63, 3.8) is 0 Å². The highest BCUT2D eigenvalue weighted by atomic mass is 16.2. The summed E-state index contributed by atoms with van der Waals surface area (Å²) in [6.45, 7) is 5.73. The Morgan fingerprint density at radius 2 is 2.05 bits per heavy atom. The second-order valence-corrected chi connectivity index (χ2v) is 4.68. The normalized spacial score (nSPS) is 14.6. The lowest BCUT2D eigenvalue weighted by atomic mass is 10.1. The minimum Gasteiger partial charge on any atom is -0.355 e. The average molecular weight is 261 g/mol. The van der Waals surface area contributed by atoms with Crippen molar-refractivity contribution in [2.75, 3.05) is 6.54 Å². The largest absolute Gasteiger partial charge is 0.355 e. The van der Waals surface area contributed by atoms with Crippen LogP contribution in [0.4, 0.5) is 0 Å². The smallest absolute Gasteiger partial charge is 0.251 e. The quantitative estimate of drug-likeness (QED) is 0.741. The van der Waals surface area contributed by atoms with Gasteiger partial charge in [0.1, 0.15) is 6.04 Å². The Kier molecular flexibility index (Phi) is 4.16. The van der Waals surface area contributed by atoms with E-state index in [0.717, 1.165) is 18.7 Å². The molecule has 1 atom stereocenters. The standard InChI is InChI=1S/C14H19N3O2/c1-3-16-13(18)9(2)17-14(19)10-4-5-11-7-15-8-12(11)6-10/h4-6,9,15H,3,7-8H2,1-2H3,(H,16,18)(H,17,19). The summed E-state index contributed by atoms with van der Waals surface area (Å²) in [5.74, 6) is -0.382. The molecular weight excluding hydrogens is 242 g/mol. The predicted molar refractivity (Wildman–Crippen MR) is 72.6 cm³/mol. The van der Waals surface area contributed by atoms with E-state index in [2.05, 4.69) is 16.0 Å². The van der Waals surface area contributed by atoms with E-state index >= 15 is 0 Å². The zero-order valence-corrected chi connectivity index (χ0v) is 11.2. The van der Waals surface area contributed by atoms with Gasteiger partial charge in [0.05, 0.1) is 0 Å². The molecule has 2 amide bonds. The zero-order chi connectivity index (χ0) is 13.8. The van der Waals surface area contributed by atoms with E-state index in [1.807, 2.05) is 19.1 Å². The Hall–Kier alpha value is -1.88. The van der Waals surface area contributed by atoms with Crippen LogP contribution in [0.2, 0.25) is 0 Å². The van der Waals surface area contributed by atoms with E-state index in [4.69, 9.17) is 0 Å². The molecule has 1 aromatic carbocycles. The van der Waals surface area contributed by atoms with Gasteiger partial charge in [-0.2, -0.15) is 0 Å². The van der Waals surface area contributed by atoms with Crippen molar-refractivity contribution in [3.05, 3.63) is 34.9 Å². The van der Waals surface area contributed by atoms with Gasteiger partial charge in [-0.3, -0.25) is 9.59 Å². The first kappa shape index (κ1) is 13.5. The summed E-state index contributed by atoms with van der Waals surface area (Å²) in [5.41, 5.74) is 2.98. The van der Waals surface area contributed by atoms with Crippen molar-refractivity contribution in [1.82, 2.24) is 16.0 Å². The number of nitrogens with one attached hydrogen (secondary N) is 3. The first-order valence-electron chi connectivity index (χ1n) is 6.53. The lowest BCUT2D eigenvalue weighted by Crippen LogP contribution is -2.44. The van der Waals surface area contributed by atoms with Gasteiger partial charge in [0.25, 0.3) is 5.91 Å². The predicted octanol–water partition coefficient (Wildman–Crippen LogP) is 0.544. The Morgan fingerprint density at radius 1 is 1.32 bits per heavy atom. The molecule has 19 heavy (non-hydrogen) atoms. The van der Waals surface area contributed by atoms with Gasteiger partial charge in [0, 0.05) is 25.2 Å². The second kappa shape index (κ2) is 5.84. The highest BCUT2D eigenvalue weighted by Crippen LogP contribution is 2.17. The van der Waals surface area contributed by atoms with Gasteiger partial charge in [0.15, 0.2) is 0 Å². The van der Waals surface area contributed by atoms with Crippen molar-refractivity contribution >= 4 is 11.8 Å². The van der Waals surface area contributed by atoms with Crippen molar-refractivity contribution in [2.24, 2.45) is 0 Å². The maximum Gasteiger partial charge on any atom is 0.251 e. The van der Waals surface area contributed by atoms with Gasteiger partial charge in [-0.1, -0.05) is 6.07 Å². The van der Waals surface area contributed by atoms with E-state index in [1.54, 1.807) is 13.0 Å². The molecule has 1 aliphatic heterocycles. The van der Waals surface area contributed by atoms with Crippen LogP contribution >= 0.6 is 0 Å². The number of amides is 2. The Balaban J connectivity index is 2.02. The number of hydrogen-bond acceptors (Lipinski definition) is 3. The third-order valence-corrected chi connectivity index (χ3v) is 3.19. The number of fused-ring (bicyclic) bond motifs is 1. The average Bonchev–Trinajstić information content (AvgIpc) is 2.85. The molecule has 1 aromatic rings. The van der Waals surface area contributed by atoms with Crippen molar-refractivity contribution in [1.29, 1.82) is 0 Å². The lowest BCUT2D eigenvalue weighted by molar-refractivity contribution is -0.122. The van der Waals surface area contributed by atoms with Gasteiger partial charge >= 0.3 is 0 Å². The van der Waals surface area contributed by atoms with E-state index in [0.29, 0.717) is 12.1 Å². The summed E-state index contributed by atoms with van der Waals surface area (Å²) in [6.07, 6.45) is 0. The Labute approximate surface area is 112 Å². The molecule has 0 fully saturated rings. The van der Waals surface area contributed by atoms with Gasteiger partial charge in [-0.15, -0.1) is 0 Å². The summed E-state index contributed by atoms with van der Waals surface area (Å²) in [7, 11) is 0. The Morgan fingerprint density at radius 3 is 2.79 bits per heavy atom. The van der Waals surface area contributed by atoms with Crippen LogP contribution in [0.5, 0.6) is 0 Å². The van der Waals surface area contributed by atoms with Gasteiger partial charge in [-0.05, 0) is 37.1 Å². The molecule has 5 heteroatoms. The highest BCUT2D eigenvalue weighted by Gasteiger charge is 2.17. The summed E-state index contributed by atoms with van der Waals surface area (Å²) >= 11 is 0. The number of carbonyl (C=O) groups excluding carboxylic acids is 2. The molecule has 1 unspecified atom stereocenters. The number of carbonyl (C=O) groups is 2. The SMILES string of the molecule is CCNC(=O)C(C)NC(=O)c1ccc2c(c1)CNC2. The minimum absolute atomic E-state index is 0.168. The maximum absolute atomic E-state index is 12.1. The Bertz CT molecular complexity index is 499. The molecule has 0 saturated heterocycles. The summed E-state index contributed by atoms with van der Waals surface area (Å²) in [5, 5.41) is 8.61. The fraction of sp³-hybridized carbons (Fsp3) is 0.429. The van der Waals surface area contributed by atoms with Crippen LogP contribution in [-0.4, -0.2) is 24.4 Å². The molecule has 1 aliphatic rings. The van der Waals surface area contributed by atoms with Gasteiger partial charge in [0.2, 0.25) is 5.91 Å². The summed E-state index contributed by atoms with van der Waals surface area (Å²) in [4.78, 5) is 23.6. The van der Waals surface area contributed by atoms with Crippen LogP contribution in [-0.2, 0) is 17.9 Å². The monoisotopic (exact) mass is 261 g/mol. The number of hydrogen-bond donors (Lipinski definition) is 3. The second-order valence-electron chi connectivity index (χ2n) is 4.68. The number of likely N-dealkylation sites (N-methyl/N-ethyl adjacent to an activating group) is 1. The van der Waals surface area contributed by atoms with Crippen molar-refractivity contribution in [2.45, 2.75) is 33.0 Å². The van der Waals surface area contributed by atoms with Crippen molar-refractivity contribution < 1.29 is 9.59 Å². The van der Waals surface area contributed by atoms with Crippen LogP contribution in [0.1, 0.15) is 35.3 Å². The number of benzene rings is 1. The minimum atomic E-state index is -0.529. The van der Waals surface area contributed by atoms with Crippen LogP contribution in [0.15, 0.2) is 18.2 Å². The van der Waals surface area contributed by atoms with Crippen LogP contribution in [0.25, 0.3) is 0 Å². The molecule has 0 aromatic heterocycles. The lowest BCUT2D eigenvalue weighted by Gasteiger charge is -2.13. The number of rotatable bonds is 4. The van der Waals surface area contributed by atoms with Crippen LogP contribution in [0.3, 0.4) is 0 Å². The van der Waals surface area contributed by atoms with E-state index < -0.39 is 6.04 Å². The van der Waals surface area contributed by atoms with E-state index in [1.165, 1.54) is 5.56 Å². The first-order valence-corrected chi connectivity index (χ1v) is 6.53. The zero-order valence-electron chi connectivity index (χ0n) is 11.2. The molecule has 0 spiro atoms. The summed E-state index contributed by atoms with van der Waals surface area (Å²) < 4.78 is 0. The molecule has 2 rings (SSSR count). The van der Waals surface area contributed by atoms with Gasteiger partial charge in [-0.25, -0.2) is 0 Å². The fourth-order valence-corrected chi connectivity index (χ4v) is 2.11. The van der Waals surface area contributed by atoms with Gasteiger partial charge < -0.3 is 16.0 Å². The molecule has 0 saturated carbocycles. The summed E-state index contributed by atoms with van der Waals surface area (Å²) in [6, 6.07) is 5.11. The van der Waals surface area contributed by atoms with E-state index in [9.17, 15) is 9.59 Å². The fourth-order valence-electron chi connectivity index (χ4n) is 2.11. The van der Waals surface area contributed by atoms with Crippen LogP contribution in [0, 0.1) is 0 Å².